The maximum atomic E-state index is 11.3. The summed E-state index contributed by atoms with van der Waals surface area (Å²) in [7, 11) is 0. The molecule has 1 heterocycles. The molecule has 0 aliphatic carbocycles. The smallest absolute Gasteiger partial charge is 0.335 e. The summed E-state index contributed by atoms with van der Waals surface area (Å²) in [5.41, 5.74) is 2.06. The zero-order valence-electron chi connectivity index (χ0n) is 13.5. The first-order chi connectivity index (χ1) is 9.84. The van der Waals surface area contributed by atoms with Crippen molar-refractivity contribution in [2.45, 2.75) is 58.9 Å². The molecule has 0 bridgehead atoms. The fraction of sp³-hybridized carbons (Fsp3) is 0.529. The van der Waals surface area contributed by atoms with E-state index < -0.39 is 5.97 Å². The minimum atomic E-state index is -0.898. The predicted octanol–water partition coefficient (Wildman–Crippen LogP) is 4.39. The first kappa shape index (κ1) is 15.5. The van der Waals surface area contributed by atoms with Crippen molar-refractivity contribution >= 4 is 17.0 Å². The number of aromatic carboxylic acids is 1. The van der Waals surface area contributed by atoms with Crippen LogP contribution in [0.15, 0.2) is 18.2 Å². The van der Waals surface area contributed by atoms with Crippen LogP contribution in [0.25, 0.3) is 11.0 Å². The highest BCUT2D eigenvalue weighted by Crippen LogP contribution is 2.34. The molecule has 0 saturated heterocycles. The Morgan fingerprint density at radius 2 is 1.95 bits per heavy atom. The first-order valence-corrected chi connectivity index (χ1v) is 7.60. The van der Waals surface area contributed by atoms with E-state index in [2.05, 4.69) is 39.2 Å². The number of hydrogen-bond donors (Lipinski definition) is 1. The van der Waals surface area contributed by atoms with Gasteiger partial charge in [-0.3, -0.25) is 0 Å². The molecule has 114 valence electrons. The van der Waals surface area contributed by atoms with Crippen molar-refractivity contribution in [1.29, 1.82) is 0 Å². The maximum Gasteiger partial charge on any atom is 0.335 e. The van der Waals surface area contributed by atoms with Gasteiger partial charge in [-0.2, -0.15) is 0 Å². The van der Waals surface area contributed by atoms with Crippen LogP contribution in [0, 0.1) is 0 Å². The van der Waals surface area contributed by atoms with Gasteiger partial charge in [-0.25, -0.2) is 9.78 Å². The normalized spacial score (nSPS) is 12.3. The number of imidazole rings is 1. The van der Waals surface area contributed by atoms with E-state index in [0.29, 0.717) is 11.5 Å². The molecule has 2 aromatic rings. The highest BCUT2D eigenvalue weighted by atomic mass is 16.4. The Balaban J connectivity index is 2.82. The third-order valence-corrected chi connectivity index (χ3v) is 4.51. The van der Waals surface area contributed by atoms with Crippen LogP contribution in [0.5, 0.6) is 0 Å². The second kappa shape index (κ2) is 5.51. The summed E-state index contributed by atoms with van der Waals surface area (Å²) >= 11 is 0. The summed E-state index contributed by atoms with van der Waals surface area (Å²) in [4.78, 5) is 16.0. The molecule has 0 atom stereocenters. The Bertz CT molecular complexity index is 667. The number of nitrogens with zero attached hydrogens (tertiary/aromatic N) is 2. The van der Waals surface area contributed by atoms with Gasteiger partial charge in [0.1, 0.15) is 5.82 Å². The van der Waals surface area contributed by atoms with Crippen molar-refractivity contribution in [3.05, 3.63) is 29.6 Å². The van der Waals surface area contributed by atoms with Gasteiger partial charge in [-0.1, -0.05) is 27.7 Å². The fourth-order valence-electron chi connectivity index (χ4n) is 2.75. The number of hydrogen-bond acceptors (Lipinski definition) is 2. The lowest BCUT2D eigenvalue weighted by Crippen LogP contribution is -2.30. The highest BCUT2D eigenvalue weighted by molar-refractivity contribution is 5.92. The molecule has 2 rings (SSSR count). The molecule has 4 nitrogen and oxygen atoms in total. The fourth-order valence-corrected chi connectivity index (χ4v) is 2.75. The van der Waals surface area contributed by atoms with Crippen molar-refractivity contribution in [2.75, 3.05) is 0 Å². The first-order valence-electron chi connectivity index (χ1n) is 7.60. The lowest BCUT2D eigenvalue weighted by molar-refractivity contribution is 0.0697. The zero-order chi connectivity index (χ0) is 15.8. The van der Waals surface area contributed by atoms with E-state index in [9.17, 15) is 9.90 Å². The number of carbonyl (C=O) groups is 1. The van der Waals surface area contributed by atoms with Crippen LogP contribution in [-0.2, 0) is 5.54 Å². The van der Waals surface area contributed by atoms with E-state index >= 15 is 0 Å². The van der Waals surface area contributed by atoms with Crippen molar-refractivity contribution in [3.8, 4) is 0 Å². The summed E-state index contributed by atoms with van der Waals surface area (Å²) in [6.45, 7) is 10.8. The molecular formula is C17H24N2O2. The number of carboxylic acids is 1. The molecule has 0 amide bonds. The third-order valence-electron chi connectivity index (χ3n) is 4.51. The summed E-state index contributed by atoms with van der Waals surface area (Å²) in [5, 5.41) is 9.24. The Morgan fingerprint density at radius 3 is 2.43 bits per heavy atom. The summed E-state index contributed by atoms with van der Waals surface area (Å²) in [6, 6.07) is 5.19. The second-order valence-corrected chi connectivity index (χ2v) is 6.17. The van der Waals surface area contributed by atoms with Gasteiger partial charge in [0.25, 0.3) is 0 Å². The van der Waals surface area contributed by atoms with Crippen molar-refractivity contribution in [2.24, 2.45) is 0 Å². The lowest BCUT2D eigenvalue weighted by Gasteiger charge is -2.32. The minimum Gasteiger partial charge on any atom is -0.478 e. The largest absolute Gasteiger partial charge is 0.478 e. The Hall–Kier alpha value is -1.84. The molecule has 0 spiro atoms. The average Bonchev–Trinajstić information content (AvgIpc) is 2.85. The van der Waals surface area contributed by atoms with Crippen LogP contribution in [-0.4, -0.2) is 20.6 Å². The highest BCUT2D eigenvalue weighted by Gasteiger charge is 2.28. The molecule has 0 fully saturated rings. The van der Waals surface area contributed by atoms with Crippen LogP contribution in [0.1, 0.15) is 69.6 Å². The average molecular weight is 288 g/mol. The van der Waals surface area contributed by atoms with Gasteiger partial charge < -0.3 is 9.67 Å². The Labute approximate surface area is 125 Å². The third kappa shape index (κ3) is 2.55. The summed E-state index contributed by atoms with van der Waals surface area (Å²) in [6.07, 6.45) is 1.96. The van der Waals surface area contributed by atoms with Crippen molar-refractivity contribution in [3.63, 3.8) is 0 Å². The number of carboxylic acid groups (broad SMARTS) is 1. The molecule has 0 aliphatic rings. The SMILES string of the molecule is CCC(C)(CC)n1c(C(C)C)nc2ccc(C(=O)O)cc21. The topological polar surface area (TPSA) is 55.1 Å². The summed E-state index contributed by atoms with van der Waals surface area (Å²) < 4.78 is 2.25. The van der Waals surface area contributed by atoms with Crippen molar-refractivity contribution in [1.82, 2.24) is 9.55 Å². The van der Waals surface area contributed by atoms with Crippen molar-refractivity contribution < 1.29 is 9.90 Å². The molecule has 0 aliphatic heterocycles. The van der Waals surface area contributed by atoms with Gasteiger partial charge in [-0.15, -0.1) is 0 Å². The molecule has 1 aromatic heterocycles. The molecule has 0 radical (unpaired) electrons. The second-order valence-electron chi connectivity index (χ2n) is 6.17. The number of rotatable bonds is 5. The van der Waals surface area contributed by atoms with Crippen LogP contribution in [0.2, 0.25) is 0 Å². The van der Waals surface area contributed by atoms with E-state index in [0.717, 1.165) is 29.7 Å². The predicted molar refractivity (Wildman–Crippen MR) is 85.0 cm³/mol. The molecule has 0 unspecified atom stereocenters. The maximum absolute atomic E-state index is 11.3. The van der Waals surface area contributed by atoms with E-state index in [1.165, 1.54) is 0 Å². The lowest BCUT2D eigenvalue weighted by atomic mass is 9.93. The monoisotopic (exact) mass is 288 g/mol. The molecule has 4 heteroatoms. The van der Waals surface area contributed by atoms with Crippen LogP contribution >= 0.6 is 0 Å². The van der Waals surface area contributed by atoms with Crippen LogP contribution in [0.4, 0.5) is 0 Å². The van der Waals surface area contributed by atoms with Crippen LogP contribution in [0.3, 0.4) is 0 Å². The van der Waals surface area contributed by atoms with Gasteiger partial charge in [0.15, 0.2) is 0 Å². The Kier molecular flexibility index (Phi) is 4.08. The van der Waals surface area contributed by atoms with E-state index in [1.807, 2.05) is 6.07 Å². The molecule has 21 heavy (non-hydrogen) atoms. The quantitative estimate of drug-likeness (QED) is 0.887. The molecule has 1 N–H and O–H groups in total. The zero-order valence-corrected chi connectivity index (χ0v) is 13.5. The van der Waals surface area contributed by atoms with E-state index in [-0.39, 0.29) is 5.54 Å². The van der Waals surface area contributed by atoms with E-state index in [4.69, 9.17) is 4.98 Å². The molecular weight excluding hydrogens is 264 g/mol. The van der Waals surface area contributed by atoms with Gasteiger partial charge >= 0.3 is 5.97 Å². The Morgan fingerprint density at radius 1 is 1.33 bits per heavy atom. The summed E-state index contributed by atoms with van der Waals surface area (Å²) in [5.74, 6) is 0.423. The molecule has 1 aromatic carbocycles. The van der Waals surface area contributed by atoms with Gasteiger partial charge in [0.05, 0.1) is 16.6 Å². The number of aromatic nitrogens is 2. The number of benzene rings is 1. The van der Waals surface area contributed by atoms with Crippen LogP contribution < -0.4 is 0 Å². The van der Waals surface area contributed by atoms with Gasteiger partial charge in [0, 0.05) is 11.5 Å². The minimum absolute atomic E-state index is 0.0501. The standard InChI is InChI=1S/C17H24N2O2/c1-6-17(5,7-2)19-14-10-12(16(20)21)8-9-13(14)18-15(19)11(3)4/h8-11H,6-7H2,1-5H3,(H,20,21). The molecule has 0 saturated carbocycles. The number of fused-ring (bicyclic) bond motifs is 1. The van der Waals surface area contributed by atoms with Gasteiger partial charge in [0.2, 0.25) is 0 Å². The van der Waals surface area contributed by atoms with Gasteiger partial charge in [-0.05, 0) is 38.0 Å². The van der Waals surface area contributed by atoms with E-state index in [1.54, 1.807) is 12.1 Å².